The van der Waals surface area contributed by atoms with E-state index in [1.807, 2.05) is 0 Å². The van der Waals surface area contributed by atoms with Crippen LogP contribution >= 0.6 is 0 Å². The van der Waals surface area contributed by atoms with Gasteiger partial charge in [-0.3, -0.25) is 0 Å². The van der Waals surface area contributed by atoms with Crippen molar-refractivity contribution in [2.45, 2.75) is 45.2 Å². The van der Waals surface area contributed by atoms with Gasteiger partial charge in [0.1, 0.15) is 24.4 Å². The molecule has 0 bridgehead atoms. The highest BCUT2D eigenvalue weighted by molar-refractivity contribution is 4.79. The molecule has 0 saturated heterocycles. The van der Waals surface area contributed by atoms with E-state index in [2.05, 4.69) is 19.7 Å². The molecular weight excluding hydrogens is 324 g/mol. The van der Waals surface area contributed by atoms with Crippen LogP contribution in [0.2, 0.25) is 0 Å². The molecule has 0 aromatic heterocycles. The van der Waals surface area contributed by atoms with E-state index in [1.54, 1.807) is 0 Å². The second-order valence-electron chi connectivity index (χ2n) is 4.59. The molecule has 0 aliphatic carbocycles. The summed E-state index contributed by atoms with van der Waals surface area (Å²) in [7, 11) is 0. The van der Waals surface area contributed by atoms with E-state index in [0.29, 0.717) is 0 Å². The van der Waals surface area contributed by atoms with Crippen LogP contribution in [0.1, 0.15) is 20.8 Å². The average Bonchev–Trinajstić information content (AvgIpc) is 2.42. The van der Waals surface area contributed by atoms with Crippen LogP contribution in [0.5, 0.6) is 0 Å². The number of allylic oxidation sites excluding steroid dienone is 3. The van der Waals surface area contributed by atoms with Crippen molar-refractivity contribution < 1.29 is 46.0 Å². The van der Waals surface area contributed by atoms with Crippen molar-refractivity contribution in [3.8, 4) is 0 Å². The molecule has 0 aromatic rings. The van der Waals surface area contributed by atoms with Crippen molar-refractivity contribution in [3.05, 3.63) is 37.0 Å². The normalized spacial score (nSPS) is 13.9. The van der Waals surface area contributed by atoms with E-state index in [9.17, 15) is 15.3 Å². The molecule has 6 N–H and O–H groups in total. The van der Waals surface area contributed by atoms with E-state index < -0.39 is 37.6 Å². The van der Waals surface area contributed by atoms with Crippen molar-refractivity contribution in [2.75, 3.05) is 13.2 Å². The van der Waals surface area contributed by atoms with Gasteiger partial charge in [0.25, 0.3) is 0 Å². The minimum Gasteiger partial charge on any atom is -0.876 e. The van der Waals surface area contributed by atoms with E-state index >= 15 is 0 Å². The number of aliphatic hydroxyl groups is 6. The summed E-state index contributed by atoms with van der Waals surface area (Å²) in [5, 5.41) is 80.2. The molecule has 4 atom stereocenters. The topological polar surface area (TPSA) is 191 Å². The van der Waals surface area contributed by atoms with Gasteiger partial charge in [0, 0.05) is 0 Å². The number of hydrogen-bond donors (Lipinski definition) is 6. The van der Waals surface area contributed by atoms with Crippen LogP contribution in [0.15, 0.2) is 37.0 Å². The van der Waals surface area contributed by atoms with Gasteiger partial charge in [-0.25, -0.2) is 0 Å². The third-order valence-corrected chi connectivity index (χ3v) is 1.51. The van der Waals surface area contributed by atoms with E-state index in [0.717, 1.165) is 0 Å². The molecule has 0 amide bonds. The lowest BCUT2D eigenvalue weighted by Crippen LogP contribution is -2.46. The van der Waals surface area contributed by atoms with E-state index in [1.165, 1.54) is 20.8 Å². The van der Waals surface area contributed by atoms with Crippen molar-refractivity contribution in [2.24, 2.45) is 0 Å². The zero-order valence-electron chi connectivity index (χ0n) is 14.3. The van der Waals surface area contributed by atoms with Gasteiger partial charge in [-0.15, -0.1) is 37.0 Å². The molecule has 146 valence electrons. The molecule has 9 heteroatoms. The number of hydrogen-bond acceptors (Lipinski definition) is 9. The maximum atomic E-state index is 9.33. The van der Waals surface area contributed by atoms with Gasteiger partial charge in [-0.1, -0.05) is 20.8 Å². The molecule has 0 heterocycles. The van der Waals surface area contributed by atoms with Crippen molar-refractivity contribution in [1.29, 1.82) is 0 Å². The predicted octanol–water partition coefficient (Wildman–Crippen LogP) is -3.94. The first kappa shape index (κ1) is 30.3. The third kappa shape index (κ3) is 37.0. The molecule has 0 spiro atoms. The van der Waals surface area contributed by atoms with E-state index in [4.69, 9.17) is 30.6 Å². The summed E-state index contributed by atoms with van der Waals surface area (Å²) >= 11 is 0. The molecule has 0 saturated carbocycles. The second kappa shape index (κ2) is 19.4. The van der Waals surface area contributed by atoms with Gasteiger partial charge in [0.15, 0.2) is 0 Å². The van der Waals surface area contributed by atoms with E-state index in [-0.39, 0.29) is 17.3 Å². The molecule has 24 heavy (non-hydrogen) atoms. The fourth-order valence-electron chi connectivity index (χ4n) is 0.671. The van der Waals surface area contributed by atoms with Gasteiger partial charge in [-0.2, -0.15) is 0 Å². The largest absolute Gasteiger partial charge is 0.876 e. The summed E-state index contributed by atoms with van der Waals surface area (Å²) in [6.07, 6.45) is -6.39. The molecule has 0 aromatic carbocycles. The fourth-order valence-corrected chi connectivity index (χ4v) is 0.671. The predicted molar refractivity (Wildman–Crippen MR) is 82.6 cm³/mol. The minimum absolute atomic E-state index is 0.0833. The lowest BCUT2D eigenvalue weighted by atomic mass is 10.0. The SMILES string of the molecule is C=C(C)[O-].C=C(C)[O-].C=C(C)[O-].OC[C@@H](O)[C@@H](O)[C@H](O)[C@H](O)CO. The number of rotatable bonds is 5. The lowest BCUT2D eigenvalue weighted by molar-refractivity contribution is -0.301. The van der Waals surface area contributed by atoms with Crippen LogP contribution in [0, 0.1) is 0 Å². The van der Waals surface area contributed by atoms with Crippen LogP contribution in [-0.2, 0) is 0 Å². The van der Waals surface area contributed by atoms with Crippen molar-refractivity contribution >= 4 is 0 Å². The monoisotopic (exact) mass is 353 g/mol. The van der Waals surface area contributed by atoms with Crippen LogP contribution in [0.25, 0.3) is 0 Å². The Morgan fingerprint density at radius 3 is 0.875 bits per heavy atom. The van der Waals surface area contributed by atoms with Crippen LogP contribution in [-0.4, -0.2) is 68.3 Å². The second-order valence-corrected chi connectivity index (χ2v) is 4.59. The summed E-state index contributed by atoms with van der Waals surface area (Å²) in [6.45, 7) is 11.8. The first-order chi connectivity index (χ1) is 10.7. The Labute approximate surface area is 142 Å². The van der Waals surface area contributed by atoms with Crippen LogP contribution in [0.4, 0.5) is 0 Å². The Morgan fingerprint density at radius 2 is 0.792 bits per heavy atom. The first-order valence-corrected chi connectivity index (χ1v) is 6.65. The van der Waals surface area contributed by atoms with Gasteiger partial charge >= 0.3 is 0 Å². The third-order valence-electron chi connectivity index (χ3n) is 1.51. The average molecular weight is 353 g/mol. The Bertz CT molecular complexity index is 276. The molecule has 9 nitrogen and oxygen atoms in total. The van der Waals surface area contributed by atoms with Crippen LogP contribution < -0.4 is 15.3 Å². The highest BCUT2D eigenvalue weighted by atomic mass is 16.4. The van der Waals surface area contributed by atoms with Crippen molar-refractivity contribution in [3.63, 3.8) is 0 Å². The maximum absolute atomic E-state index is 9.33. The molecule has 0 fully saturated rings. The highest BCUT2D eigenvalue weighted by Gasteiger charge is 2.29. The zero-order chi connectivity index (χ0) is 20.5. The highest BCUT2D eigenvalue weighted by Crippen LogP contribution is 2.03. The maximum Gasteiger partial charge on any atom is 0.111 e. The summed E-state index contributed by atoms with van der Waals surface area (Å²) < 4.78 is 0. The van der Waals surface area contributed by atoms with Gasteiger partial charge in [0.05, 0.1) is 13.2 Å². The molecule has 0 unspecified atom stereocenters. The van der Waals surface area contributed by atoms with Gasteiger partial charge < -0.3 is 46.0 Å². The summed E-state index contributed by atoms with van der Waals surface area (Å²) in [5.74, 6) is -0.250. The minimum atomic E-state index is -1.67. The molecule has 0 rings (SSSR count). The first-order valence-electron chi connectivity index (χ1n) is 6.65. The molecule has 0 radical (unpaired) electrons. The summed E-state index contributed by atoms with van der Waals surface area (Å²) in [4.78, 5) is 0. The smallest absolute Gasteiger partial charge is 0.111 e. The molecular formula is C15H29O9-3. The Kier molecular flexibility index (Phi) is 24.5. The number of aliphatic hydroxyl groups excluding tert-OH is 6. The standard InChI is InChI=1S/C6H14O6.3C3H6O/c7-1-3(9)5(11)6(12)4(10)2-8;3*1-3(2)4/h3-12H,1-2H2;3*4H,1H2,2H3/p-3/t3-,4-,5-,6-;;;/m1.../s1. The Morgan fingerprint density at radius 1 is 0.667 bits per heavy atom. The molecule has 0 aliphatic heterocycles. The van der Waals surface area contributed by atoms with Gasteiger partial charge in [0.2, 0.25) is 0 Å². The quantitative estimate of drug-likeness (QED) is 0.268. The fraction of sp³-hybridized carbons (Fsp3) is 0.600. The van der Waals surface area contributed by atoms with Crippen molar-refractivity contribution in [1.82, 2.24) is 0 Å². The summed E-state index contributed by atoms with van der Waals surface area (Å²) in [5.41, 5.74) is 0. The molecule has 0 aliphatic rings. The lowest BCUT2D eigenvalue weighted by Gasteiger charge is -2.24. The summed E-state index contributed by atoms with van der Waals surface area (Å²) in [6, 6.07) is 0. The Balaban J connectivity index is -0.000000137. The zero-order valence-corrected chi connectivity index (χ0v) is 14.3. The Hall–Kier alpha value is -1.62. The van der Waals surface area contributed by atoms with Gasteiger partial charge in [-0.05, 0) is 0 Å². The van der Waals surface area contributed by atoms with Crippen LogP contribution in [0.3, 0.4) is 0 Å².